The predicted octanol–water partition coefficient (Wildman–Crippen LogP) is 3.61. The van der Waals surface area contributed by atoms with Gasteiger partial charge in [0.25, 0.3) is 0 Å². The Bertz CT molecular complexity index is 745. The van der Waals surface area contributed by atoms with Crippen LogP contribution in [0.25, 0.3) is 0 Å². The van der Waals surface area contributed by atoms with Crippen LogP contribution in [0, 0.1) is 0 Å². The largest absolute Gasteiger partial charge is 0.351 e. The third-order valence-electron chi connectivity index (χ3n) is 4.67. The standard InChI is InChI=1S/C21H26BrN3OS/c1-24-9-11-25(12-10-24)15-18-4-2-3-17(13-18)14-23-21(26)16-27-20-7-5-19(22)6-8-20/h2-8,13H,9-12,14-16H2,1H3,(H,23,26). The van der Waals surface area contributed by atoms with Crippen molar-refractivity contribution >= 4 is 33.6 Å². The molecule has 3 rings (SSSR count). The van der Waals surface area contributed by atoms with Crippen molar-refractivity contribution in [3.8, 4) is 0 Å². The Labute approximate surface area is 174 Å². The zero-order valence-electron chi connectivity index (χ0n) is 15.7. The second-order valence-electron chi connectivity index (χ2n) is 6.92. The molecule has 1 amide bonds. The number of nitrogens with one attached hydrogen (secondary N) is 1. The summed E-state index contributed by atoms with van der Waals surface area (Å²) in [6.45, 7) is 6.05. The molecule has 1 aliphatic heterocycles. The first-order valence-corrected chi connectivity index (χ1v) is 11.0. The van der Waals surface area contributed by atoms with Gasteiger partial charge in [-0.2, -0.15) is 0 Å². The Morgan fingerprint density at radius 3 is 2.52 bits per heavy atom. The van der Waals surface area contributed by atoms with Crippen LogP contribution in [0.4, 0.5) is 0 Å². The monoisotopic (exact) mass is 447 g/mol. The Balaban J connectivity index is 1.43. The maximum absolute atomic E-state index is 12.1. The minimum atomic E-state index is 0.0624. The fraction of sp³-hybridized carbons (Fsp3) is 0.381. The van der Waals surface area contributed by atoms with Crippen molar-refractivity contribution in [3.05, 3.63) is 64.1 Å². The minimum absolute atomic E-state index is 0.0624. The van der Waals surface area contributed by atoms with E-state index in [-0.39, 0.29) is 5.91 Å². The van der Waals surface area contributed by atoms with E-state index in [0.717, 1.165) is 47.7 Å². The molecule has 0 bridgehead atoms. The van der Waals surface area contributed by atoms with E-state index in [2.05, 4.69) is 62.4 Å². The van der Waals surface area contributed by atoms with E-state index in [1.165, 1.54) is 5.56 Å². The number of carbonyl (C=O) groups excluding carboxylic acids is 1. The number of rotatable bonds is 7. The fourth-order valence-electron chi connectivity index (χ4n) is 3.03. The molecule has 1 heterocycles. The zero-order valence-corrected chi connectivity index (χ0v) is 18.1. The summed E-state index contributed by atoms with van der Waals surface area (Å²) in [5.74, 6) is 0.496. The molecule has 0 unspecified atom stereocenters. The summed E-state index contributed by atoms with van der Waals surface area (Å²) in [5.41, 5.74) is 2.47. The topological polar surface area (TPSA) is 35.6 Å². The summed E-state index contributed by atoms with van der Waals surface area (Å²) in [6, 6.07) is 16.6. The van der Waals surface area contributed by atoms with Gasteiger partial charge in [0, 0.05) is 48.6 Å². The van der Waals surface area contributed by atoms with Gasteiger partial charge in [0.15, 0.2) is 0 Å². The number of thioether (sulfide) groups is 1. The van der Waals surface area contributed by atoms with Gasteiger partial charge in [-0.1, -0.05) is 40.2 Å². The van der Waals surface area contributed by atoms with Crippen molar-refractivity contribution < 1.29 is 4.79 Å². The fourth-order valence-corrected chi connectivity index (χ4v) is 4.03. The van der Waals surface area contributed by atoms with Crippen LogP contribution >= 0.6 is 27.7 Å². The van der Waals surface area contributed by atoms with Crippen LogP contribution in [0.2, 0.25) is 0 Å². The van der Waals surface area contributed by atoms with Crippen molar-refractivity contribution in [1.29, 1.82) is 0 Å². The van der Waals surface area contributed by atoms with Crippen LogP contribution < -0.4 is 5.32 Å². The van der Waals surface area contributed by atoms with E-state index in [4.69, 9.17) is 0 Å². The van der Waals surface area contributed by atoms with E-state index >= 15 is 0 Å². The maximum atomic E-state index is 12.1. The zero-order chi connectivity index (χ0) is 19.1. The minimum Gasteiger partial charge on any atom is -0.351 e. The van der Waals surface area contributed by atoms with Gasteiger partial charge in [-0.05, 0) is 42.4 Å². The molecule has 1 fully saturated rings. The van der Waals surface area contributed by atoms with E-state index in [1.807, 2.05) is 24.3 Å². The highest BCUT2D eigenvalue weighted by atomic mass is 79.9. The number of amides is 1. The molecule has 27 heavy (non-hydrogen) atoms. The molecule has 0 saturated carbocycles. The molecule has 4 nitrogen and oxygen atoms in total. The van der Waals surface area contributed by atoms with Gasteiger partial charge in [0.1, 0.15) is 0 Å². The quantitative estimate of drug-likeness (QED) is 0.657. The van der Waals surface area contributed by atoms with Gasteiger partial charge in [-0.3, -0.25) is 9.69 Å². The third-order valence-corrected chi connectivity index (χ3v) is 6.21. The van der Waals surface area contributed by atoms with Gasteiger partial charge in [0.2, 0.25) is 5.91 Å². The van der Waals surface area contributed by atoms with Gasteiger partial charge in [-0.25, -0.2) is 0 Å². The average Bonchev–Trinajstić information content (AvgIpc) is 2.68. The molecule has 0 radical (unpaired) electrons. The smallest absolute Gasteiger partial charge is 0.230 e. The Morgan fingerprint density at radius 1 is 1.07 bits per heavy atom. The molecule has 6 heteroatoms. The first kappa shape index (κ1) is 20.4. The lowest BCUT2D eigenvalue weighted by Gasteiger charge is -2.32. The van der Waals surface area contributed by atoms with Crippen molar-refractivity contribution in [2.24, 2.45) is 0 Å². The number of hydrogen-bond donors (Lipinski definition) is 1. The van der Waals surface area contributed by atoms with Gasteiger partial charge in [-0.15, -0.1) is 11.8 Å². The van der Waals surface area contributed by atoms with Crippen molar-refractivity contribution in [2.45, 2.75) is 18.0 Å². The number of benzene rings is 2. The van der Waals surface area contributed by atoms with E-state index < -0.39 is 0 Å². The number of likely N-dealkylation sites (N-methyl/N-ethyl adjacent to an activating group) is 1. The first-order valence-electron chi connectivity index (χ1n) is 9.22. The summed E-state index contributed by atoms with van der Waals surface area (Å²) in [5, 5.41) is 3.03. The summed E-state index contributed by atoms with van der Waals surface area (Å²) in [7, 11) is 2.18. The molecule has 2 aromatic rings. The number of carbonyl (C=O) groups is 1. The van der Waals surface area contributed by atoms with Gasteiger partial charge >= 0.3 is 0 Å². The summed E-state index contributed by atoms with van der Waals surface area (Å²) in [4.78, 5) is 18.1. The van der Waals surface area contributed by atoms with Crippen LogP contribution in [0.3, 0.4) is 0 Å². The third kappa shape index (κ3) is 6.96. The highest BCUT2D eigenvalue weighted by Gasteiger charge is 2.14. The normalized spacial score (nSPS) is 15.6. The van der Waals surface area contributed by atoms with Crippen molar-refractivity contribution in [3.63, 3.8) is 0 Å². The number of piperazine rings is 1. The van der Waals surface area contributed by atoms with E-state index in [0.29, 0.717) is 12.3 Å². The molecular formula is C21H26BrN3OS. The van der Waals surface area contributed by atoms with Crippen LogP contribution in [0.5, 0.6) is 0 Å². The highest BCUT2D eigenvalue weighted by molar-refractivity contribution is 9.10. The summed E-state index contributed by atoms with van der Waals surface area (Å²) < 4.78 is 1.05. The van der Waals surface area contributed by atoms with Crippen LogP contribution in [-0.2, 0) is 17.9 Å². The lowest BCUT2D eigenvalue weighted by atomic mass is 10.1. The second kappa shape index (κ2) is 10.3. The average molecular weight is 448 g/mol. The molecule has 0 aromatic heterocycles. The molecule has 1 aliphatic rings. The van der Waals surface area contributed by atoms with E-state index in [9.17, 15) is 4.79 Å². The van der Waals surface area contributed by atoms with Gasteiger partial charge in [0.05, 0.1) is 5.75 Å². The summed E-state index contributed by atoms with van der Waals surface area (Å²) >= 11 is 4.98. The Morgan fingerprint density at radius 2 is 1.78 bits per heavy atom. The van der Waals surface area contributed by atoms with Crippen molar-refractivity contribution in [2.75, 3.05) is 39.0 Å². The number of halogens is 1. The molecule has 0 spiro atoms. The second-order valence-corrected chi connectivity index (χ2v) is 8.88. The molecule has 2 aromatic carbocycles. The van der Waals surface area contributed by atoms with Crippen LogP contribution in [0.1, 0.15) is 11.1 Å². The Hall–Kier alpha value is -1.34. The van der Waals surface area contributed by atoms with Crippen molar-refractivity contribution in [1.82, 2.24) is 15.1 Å². The van der Waals surface area contributed by atoms with E-state index in [1.54, 1.807) is 11.8 Å². The molecule has 1 saturated heterocycles. The van der Waals surface area contributed by atoms with Crippen LogP contribution in [-0.4, -0.2) is 54.7 Å². The predicted molar refractivity (Wildman–Crippen MR) is 116 cm³/mol. The first-order chi connectivity index (χ1) is 13.1. The molecule has 1 N–H and O–H groups in total. The Kier molecular flexibility index (Phi) is 7.76. The lowest BCUT2D eigenvalue weighted by molar-refractivity contribution is -0.118. The molecule has 144 valence electrons. The highest BCUT2D eigenvalue weighted by Crippen LogP contribution is 2.20. The molecule has 0 atom stereocenters. The van der Waals surface area contributed by atoms with Crippen LogP contribution in [0.15, 0.2) is 57.9 Å². The molecular weight excluding hydrogens is 422 g/mol. The maximum Gasteiger partial charge on any atom is 0.230 e. The number of hydrogen-bond acceptors (Lipinski definition) is 4. The lowest BCUT2D eigenvalue weighted by Crippen LogP contribution is -2.43. The van der Waals surface area contributed by atoms with Gasteiger partial charge < -0.3 is 10.2 Å². The molecule has 0 aliphatic carbocycles. The summed E-state index contributed by atoms with van der Waals surface area (Å²) in [6.07, 6.45) is 0. The number of nitrogens with zero attached hydrogens (tertiary/aromatic N) is 2. The SMILES string of the molecule is CN1CCN(Cc2cccc(CNC(=O)CSc3ccc(Br)cc3)c2)CC1.